The lowest BCUT2D eigenvalue weighted by Crippen LogP contribution is -2.20. The summed E-state index contributed by atoms with van der Waals surface area (Å²) >= 11 is 0. The zero-order valence-corrected chi connectivity index (χ0v) is 21.7. The summed E-state index contributed by atoms with van der Waals surface area (Å²) in [5.74, 6) is 0.596. The first-order chi connectivity index (χ1) is 19.6. The summed E-state index contributed by atoms with van der Waals surface area (Å²) in [7, 11) is 0. The zero-order valence-electron chi connectivity index (χ0n) is 21.7. The molecule has 6 aromatic rings. The minimum atomic E-state index is -0.550. The minimum absolute atomic E-state index is 0.175. The predicted molar refractivity (Wildman–Crippen MR) is 151 cm³/mol. The van der Waals surface area contributed by atoms with Gasteiger partial charge in [0.15, 0.2) is 5.82 Å². The Labute approximate surface area is 229 Å². The van der Waals surface area contributed by atoms with E-state index >= 15 is 0 Å². The fourth-order valence-electron chi connectivity index (χ4n) is 5.58. The summed E-state index contributed by atoms with van der Waals surface area (Å²) in [5, 5.41) is 21.9. The van der Waals surface area contributed by atoms with Crippen molar-refractivity contribution < 1.29 is 9.50 Å². The van der Waals surface area contributed by atoms with E-state index in [1.54, 1.807) is 18.5 Å². The Hall–Kier alpha value is -4.70. The van der Waals surface area contributed by atoms with Crippen molar-refractivity contribution in [3.8, 4) is 39.8 Å². The predicted octanol–water partition coefficient (Wildman–Crippen LogP) is 5.75. The number of imidazole rings is 1. The Kier molecular flexibility index (Phi) is 6.16. The van der Waals surface area contributed by atoms with Gasteiger partial charge in [0.1, 0.15) is 22.8 Å². The number of H-pyrrole nitrogens is 2. The number of aromatic hydroxyl groups is 1. The molecule has 1 fully saturated rings. The molecular weight excluding hydrogens is 507 g/mol. The van der Waals surface area contributed by atoms with Crippen molar-refractivity contribution >= 4 is 21.9 Å². The highest BCUT2D eigenvalue weighted by atomic mass is 19.1. The summed E-state index contributed by atoms with van der Waals surface area (Å²) in [6, 6.07) is 9.75. The van der Waals surface area contributed by atoms with E-state index < -0.39 is 5.82 Å². The molecule has 1 aliphatic rings. The molecule has 0 spiro atoms. The van der Waals surface area contributed by atoms with E-state index in [9.17, 15) is 9.50 Å². The van der Waals surface area contributed by atoms with E-state index in [1.807, 2.05) is 18.5 Å². The molecule has 1 saturated carbocycles. The van der Waals surface area contributed by atoms with E-state index in [-0.39, 0.29) is 5.75 Å². The van der Waals surface area contributed by atoms with Gasteiger partial charge in [-0.25, -0.2) is 9.37 Å². The number of hydrogen-bond donors (Lipinski definition) is 4. The van der Waals surface area contributed by atoms with Crippen molar-refractivity contribution in [2.24, 2.45) is 5.92 Å². The third-order valence-corrected chi connectivity index (χ3v) is 7.56. The fraction of sp³-hybridized carbons (Fsp3) is 0.233. The first-order valence-corrected chi connectivity index (χ1v) is 13.4. The molecule has 0 unspecified atom stereocenters. The van der Waals surface area contributed by atoms with Gasteiger partial charge in [0.25, 0.3) is 0 Å². The van der Waals surface area contributed by atoms with Crippen LogP contribution >= 0.6 is 0 Å². The van der Waals surface area contributed by atoms with Crippen LogP contribution in [0.1, 0.15) is 31.2 Å². The number of pyridine rings is 3. The largest absolute Gasteiger partial charge is 0.508 e. The summed E-state index contributed by atoms with van der Waals surface area (Å²) in [6.07, 6.45) is 12.4. The van der Waals surface area contributed by atoms with Gasteiger partial charge in [-0.15, -0.1) is 0 Å². The highest BCUT2D eigenvalue weighted by Crippen LogP contribution is 2.33. The van der Waals surface area contributed by atoms with Crippen molar-refractivity contribution in [1.82, 2.24) is 40.4 Å². The molecule has 0 amide bonds. The number of rotatable bonds is 7. The standard InChI is InChI=1S/C30H27FN8O/c31-21-8-19(9-22(40)10-21)27-29-24(5-6-34-27)36-30(37-29)28-23-11-25(35-16-26(23)38-39-28)20-7-18(14-33-15-20)13-32-12-17-3-1-2-4-17/h5-11,14-17,32,40H,1-4,12-13H2,(H,36,37)(H,38,39). The number of halogens is 1. The number of phenols is 1. The Morgan fingerprint density at radius 3 is 2.73 bits per heavy atom. The number of phenolic OH excluding ortho intramolecular Hbond substituents is 1. The van der Waals surface area contributed by atoms with Crippen molar-refractivity contribution in [2.75, 3.05) is 6.54 Å². The maximum Gasteiger partial charge on any atom is 0.159 e. The summed E-state index contributed by atoms with van der Waals surface area (Å²) in [5.41, 5.74) is 6.40. The molecule has 40 heavy (non-hydrogen) atoms. The first-order valence-electron chi connectivity index (χ1n) is 13.4. The van der Waals surface area contributed by atoms with Gasteiger partial charge in [-0.2, -0.15) is 5.10 Å². The molecule has 9 nitrogen and oxygen atoms in total. The number of nitrogens with one attached hydrogen (secondary N) is 3. The molecular formula is C30H27FN8O. The SMILES string of the molecule is Oc1cc(F)cc(-c2nccc3[nH]c(-c4n[nH]c5cnc(-c6cncc(CNCC7CCCC7)c6)cc45)nc23)c1. The van der Waals surface area contributed by atoms with Gasteiger partial charge in [-0.05, 0) is 61.2 Å². The number of hydrogen-bond acceptors (Lipinski definition) is 7. The lowest BCUT2D eigenvalue weighted by molar-refractivity contribution is 0.469. The number of aromatic nitrogens is 7. The van der Waals surface area contributed by atoms with Crippen LogP contribution in [-0.2, 0) is 6.54 Å². The molecule has 0 radical (unpaired) electrons. The quantitative estimate of drug-likeness (QED) is 0.205. The molecule has 0 saturated heterocycles. The summed E-state index contributed by atoms with van der Waals surface area (Å²) in [6.45, 7) is 1.82. The van der Waals surface area contributed by atoms with Gasteiger partial charge in [-0.1, -0.05) is 12.8 Å². The van der Waals surface area contributed by atoms with Crippen LogP contribution in [0.4, 0.5) is 4.39 Å². The van der Waals surface area contributed by atoms with Gasteiger partial charge in [-0.3, -0.25) is 20.1 Å². The second-order valence-electron chi connectivity index (χ2n) is 10.4. The van der Waals surface area contributed by atoms with E-state index in [1.165, 1.54) is 37.8 Å². The number of fused-ring (bicyclic) bond motifs is 2. The van der Waals surface area contributed by atoms with E-state index in [2.05, 4.69) is 41.5 Å². The van der Waals surface area contributed by atoms with Crippen molar-refractivity contribution in [2.45, 2.75) is 32.2 Å². The second-order valence-corrected chi connectivity index (χ2v) is 10.4. The molecule has 5 heterocycles. The normalized spacial score (nSPS) is 14.0. The van der Waals surface area contributed by atoms with Crippen LogP contribution in [0, 0.1) is 11.7 Å². The molecule has 0 aliphatic heterocycles. The van der Waals surface area contributed by atoms with Crippen LogP contribution in [0.2, 0.25) is 0 Å². The van der Waals surface area contributed by atoms with E-state index in [0.717, 1.165) is 58.3 Å². The number of aromatic amines is 2. The molecule has 1 aromatic carbocycles. The highest BCUT2D eigenvalue weighted by molar-refractivity contribution is 5.96. The molecule has 1 aliphatic carbocycles. The van der Waals surface area contributed by atoms with Gasteiger partial charge in [0, 0.05) is 47.7 Å². The Morgan fingerprint density at radius 1 is 0.950 bits per heavy atom. The maximum absolute atomic E-state index is 14.0. The molecule has 5 aromatic heterocycles. The van der Waals surface area contributed by atoms with Crippen LogP contribution in [-0.4, -0.2) is 46.8 Å². The monoisotopic (exact) mass is 534 g/mol. The maximum atomic E-state index is 14.0. The third kappa shape index (κ3) is 4.66. The lowest BCUT2D eigenvalue weighted by atomic mass is 10.1. The first kappa shape index (κ1) is 24.3. The van der Waals surface area contributed by atoms with Crippen LogP contribution in [0.3, 0.4) is 0 Å². The molecule has 0 bridgehead atoms. The summed E-state index contributed by atoms with van der Waals surface area (Å²) in [4.78, 5) is 21.6. The number of benzene rings is 1. The number of nitrogens with zero attached hydrogens (tertiary/aromatic N) is 5. The lowest BCUT2D eigenvalue weighted by Gasteiger charge is -2.11. The van der Waals surface area contributed by atoms with Crippen LogP contribution in [0.25, 0.3) is 56.0 Å². The van der Waals surface area contributed by atoms with E-state index in [0.29, 0.717) is 28.3 Å². The molecule has 0 atom stereocenters. The second kappa shape index (κ2) is 10.1. The average molecular weight is 535 g/mol. The molecule has 4 N–H and O–H groups in total. The highest BCUT2D eigenvalue weighted by Gasteiger charge is 2.18. The van der Waals surface area contributed by atoms with Crippen molar-refractivity contribution in [3.05, 3.63) is 72.6 Å². The van der Waals surface area contributed by atoms with Gasteiger partial charge in [0.05, 0.1) is 28.6 Å². The van der Waals surface area contributed by atoms with Gasteiger partial charge >= 0.3 is 0 Å². The zero-order chi connectivity index (χ0) is 27.1. The van der Waals surface area contributed by atoms with Crippen LogP contribution in [0.15, 0.2) is 61.2 Å². The van der Waals surface area contributed by atoms with Gasteiger partial charge < -0.3 is 15.4 Å². The Bertz CT molecular complexity index is 1820. The van der Waals surface area contributed by atoms with Crippen molar-refractivity contribution in [1.29, 1.82) is 0 Å². The van der Waals surface area contributed by atoms with E-state index in [4.69, 9.17) is 4.98 Å². The molecule has 10 heteroatoms. The van der Waals surface area contributed by atoms with Crippen LogP contribution in [0.5, 0.6) is 5.75 Å². The Balaban J connectivity index is 1.21. The van der Waals surface area contributed by atoms with Crippen molar-refractivity contribution in [3.63, 3.8) is 0 Å². The van der Waals surface area contributed by atoms with Gasteiger partial charge in [0.2, 0.25) is 0 Å². The average Bonchev–Trinajstić information content (AvgIpc) is 3.71. The minimum Gasteiger partial charge on any atom is -0.508 e. The molecule has 200 valence electrons. The topological polar surface area (TPSA) is 128 Å². The fourth-order valence-corrected chi connectivity index (χ4v) is 5.58. The van der Waals surface area contributed by atoms with Crippen LogP contribution < -0.4 is 5.32 Å². The third-order valence-electron chi connectivity index (χ3n) is 7.56. The summed E-state index contributed by atoms with van der Waals surface area (Å²) < 4.78 is 14.0. The molecule has 7 rings (SSSR count). The smallest absolute Gasteiger partial charge is 0.159 e. The Morgan fingerprint density at radius 2 is 1.85 bits per heavy atom.